The highest BCUT2D eigenvalue weighted by atomic mass is 79.9. The van der Waals surface area contributed by atoms with Crippen molar-refractivity contribution in [2.24, 2.45) is 0 Å². The van der Waals surface area contributed by atoms with Crippen molar-refractivity contribution in [3.8, 4) is 0 Å². The van der Waals surface area contributed by atoms with Crippen LogP contribution in [0.4, 0.5) is 0 Å². The zero-order valence-electron chi connectivity index (χ0n) is 7.41. The van der Waals surface area contributed by atoms with Crippen LogP contribution in [0.5, 0.6) is 0 Å². The number of thiophene rings is 1. The molecule has 72 valence electrons. The number of hydrogen-bond donors (Lipinski definition) is 0. The van der Waals surface area contributed by atoms with Crippen molar-refractivity contribution in [2.45, 2.75) is 6.92 Å². The molecule has 2 heterocycles. The Morgan fingerprint density at radius 2 is 2.36 bits per heavy atom. The second kappa shape index (κ2) is 3.71. The van der Waals surface area contributed by atoms with Gasteiger partial charge in [0, 0.05) is 9.35 Å². The highest BCUT2D eigenvalue weighted by Crippen LogP contribution is 2.28. The maximum atomic E-state index is 11.8. The summed E-state index contributed by atoms with van der Waals surface area (Å²) in [5, 5.41) is 0. The summed E-state index contributed by atoms with van der Waals surface area (Å²) in [6, 6.07) is 5.21. The lowest BCUT2D eigenvalue weighted by Gasteiger charge is -1.90. The van der Waals surface area contributed by atoms with Crippen LogP contribution in [0.15, 0.2) is 33.4 Å². The molecule has 0 fully saturated rings. The molecule has 14 heavy (non-hydrogen) atoms. The zero-order valence-corrected chi connectivity index (χ0v) is 9.81. The fourth-order valence-corrected chi connectivity index (χ4v) is 2.58. The summed E-state index contributed by atoms with van der Waals surface area (Å²) in [7, 11) is 0. The molecule has 0 amide bonds. The van der Waals surface area contributed by atoms with Gasteiger partial charge in [-0.25, -0.2) is 0 Å². The fourth-order valence-electron chi connectivity index (χ4n) is 1.10. The first-order valence-corrected chi connectivity index (χ1v) is 5.63. The highest BCUT2D eigenvalue weighted by molar-refractivity contribution is 9.10. The molecule has 0 radical (unpaired) electrons. The van der Waals surface area contributed by atoms with Gasteiger partial charge in [-0.3, -0.25) is 4.79 Å². The van der Waals surface area contributed by atoms with Crippen LogP contribution in [-0.2, 0) is 0 Å². The molecular formula is C10H7BrO2S. The van der Waals surface area contributed by atoms with E-state index < -0.39 is 0 Å². The van der Waals surface area contributed by atoms with E-state index in [0.29, 0.717) is 10.6 Å². The van der Waals surface area contributed by atoms with Gasteiger partial charge >= 0.3 is 0 Å². The number of carbonyl (C=O) groups excluding carboxylic acids is 1. The van der Waals surface area contributed by atoms with Gasteiger partial charge in [0.1, 0.15) is 0 Å². The van der Waals surface area contributed by atoms with Crippen LogP contribution in [-0.4, -0.2) is 5.78 Å². The van der Waals surface area contributed by atoms with Gasteiger partial charge in [-0.05, 0) is 41.1 Å². The van der Waals surface area contributed by atoms with Crippen molar-refractivity contribution in [3.05, 3.63) is 44.4 Å². The minimum absolute atomic E-state index is 0.0613. The van der Waals surface area contributed by atoms with E-state index in [-0.39, 0.29) is 5.78 Å². The predicted octanol–water partition coefficient (Wildman–Crippen LogP) is 3.64. The maximum absolute atomic E-state index is 11.8. The maximum Gasteiger partial charge on any atom is 0.238 e. The van der Waals surface area contributed by atoms with E-state index in [1.54, 1.807) is 12.1 Å². The van der Waals surface area contributed by atoms with Gasteiger partial charge in [-0.2, -0.15) is 0 Å². The molecular weight excluding hydrogens is 264 g/mol. The van der Waals surface area contributed by atoms with Gasteiger partial charge < -0.3 is 4.42 Å². The van der Waals surface area contributed by atoms with E-state index in [0.717, 1.165) is 9.35 Å². The van der Waals surface area contributed by atoms with E-state index in [4.69, 9.17) is 4.42 Å². The minimum atomic E-state index is -0.0613. The molecule has 0 aliphatic heterocycles. The molecule has 0 atom stereocenters. The minimum Gasteiger partial charge on any atom is -0.461 e. The van der Waals surface area contributed by atoms with E-state index >= 15 is 0 Å². The zero-order chi connectivity index (χ0) is 10.1. The standard InChI is InChI=1S/C10H7BrO2S/c1-6-7(11)5-9(14-6)10(12)8-3-2-4-13-8/h2-5H,1H3. The van der Waals surface area contributed by atoms with E-state index in [9.17, 15) is 4.79 Å². The van der Waals surface area contributed by atoms with Crippen LogP contribution < -0.4 is 0 Å². The van der Waals surface area contributed by atoms with Crippen molar-refractivity contribution < 1.29 is 9.21 Å². The third-order valence-corrected chi connectivity index (χ3v) is 3.96. The Labute approximate surface area is 93.7 Å². The number of halogens is 1. The number of hydrogen-bond acceptors (Lipinski definition) is 3. The molecule has 0 unspecified atom stereocenters. The number of ketones is 1. The lowest BCUT2D eigenvalue weighted by molar-refractivity contribution is 0.101. The Hall–Kier alpha value is -0.870. The van der Waals surface area contributed by atoms with Crippen molar-refractivity contribution in [3.63, 3.8) is 0 Å². The molecule has 2 aromatic heterocycles. The number of carbonyl (C=O) groups is 1. The summed E-state index contributed by atoms with van der Waals surface area (Å²) in [6.45, 7) is 1.97. The molecule has 0 aromatic carbocycles. The van der Waals surface area contributed by atoms with Gasteiger partial charge in [0.15, 0.2) is 5.76 Å². The van der Waals surface area contributed by atoms with Crippen LogP contribution in [0.2, 0.25) is 0 Å². The highest BCUT2D eigenvalue weighted by Gasteiger charge is 2.15. The van der Waals surface area contributed by atoms with Crippen LogP contribution in [0.1, 0.15) is 20.3 Å². The molecule has 2 aromatic rings. The summed E-state index contributed by atoms with van der Waals surface area (Å²) < 4.78 is 6.01. The summed E-state index contributed by atoms with van der Waals surface area (Å²) in [6.07, 6.45) is 1.50. The van der Waals surface area contributed by atoms with Crippen LogP contribution >= 0.6 is 27.3 Å². The molecule has 4 heteroatoms. The molecule has 2 rings (SSSR count). The van der Waals surface area contributed by atoms with Gasteiger partial charge in [0.25, 0.3) is 0 Å². The topological polar surface area (TPSA) is 30.2 Å². The van der Waals surface area contributed by atoms with Crippen LogP contribution in [0, 0.1) is 6.92 Å². The SMILES string of the molecule is Cc1sc(C(=O)c2ccco2)cc1Br. The second-order valence-corrected chi connectivity index (χ2v) is 4.93. The predicted molar refractivity (Wildman–Crippen MR) is 58.9 cm³/mol. The molecule has 0 aliphatic rings. The third kappa shape index (κ3) is 1.67. The normalized spacial score (nSPS) is 10.4. The molecule has 2 nitrogen and oxygen atoms in total. The first-order valence-electron chi connectivity index (χ1n) is 4.02. The van der Waals surface area contributed by atoms with E-state index in [2.05, 4.69) is 15.9 Å². The lowest BCUT2D eigenvalue weighted by Crippen LogP contribution is -1.95. The van der Waals surface area contributed by atoms with Crippen molar-refractivity contribution in [1.82, 2.24) is 0 Å². The number of rotatable bonds is 2. The monoisotopic (exact) mass is 270 g/mol. The molecule has 0 saturated carbocycles. The molecule has 0 saturated heterocycles. The molecule has 0 spiro atoms. The molecule has 0 aliphatic carbocycles. The Balaban J connectivity index is 2.37. The summed E-state index contributed by atoms with van der Waals surface area (Å²) >= 11 is 4.84. The van der Waals surface area contributed by atoms with Crippen molar-refractivity contribution >= 4 is 33.0 Å². The first kappa shape index (κ1) is 9.68. The Morgan fingerprint density at radius 1 is 1.57 bits per heavy atom. The Bertz CT molecular complexity index is 437. The number of aryl methyl sites for hydroxylation is 1. The Morgan fingerprint density at radius 3 is 2.86 bits per heavy atom. The van der Waals surface area contributed by atoms with Crippen molar-refractivity contribution in [2.75, 3.05) is 0 Å². The fraction of sp³-hybridized carbons (Fsp3) is 0.100. The summed E-state index contributed by atoms with van der Waals surface area (Å²) in [5.74, 6) is 0.326. The lowest BCUT2D eigenvalue weighted by atomic mass is 10.2. The summed E-state index contributed by atoms with van der Waals surface area (Å²) in [5.41, 5.74) is 0. The van der Waals surface area contributed by atoms with Gasteiger partial charge in [0.2, 0.25) is 5.78 Å². The quantitative estimate of drug-likeness (QED) is 0.780. The average Bonchev–Trinajstić information content (AvgIpc) is 2.76. The first-order chi connectivity index (χ1) is 6.68. The second-order valence-electron chi connectivity index (χ2n) is 2.82. The van der Waals surface area contributed by atoms with Gasteiger partial charge in [-0.15, -0.1) is 11.3 Å². The van der Waals surface area contributed by atoms with E-state index in [1.165, 1.54) is 17.6 Å². The largest absolute Gasteiger partial charge is 0.461 e. The third-order valence-electron chi connectivity index (χ3n) is 1.83. The molecule has 0 bridgehead atoms. The average molecular weight is 271 g/mol. The van der Waals surface area contributed by atoms with Gasteiger partial charge in [-0.1, -0.05) is 0 Å². The van der Waals surface area contributed by atoms with Gasteiger partial charge in [0.05, 0.1) is 11.1 Å². The molecule has 0 N–H and O–H groups in total. The van der Waals surface area contributed by atoms with Crippen LogP contribution in [0.3, 0.4) is 0 Å². The van der Waals surface area contributed by atoms with Crippen LogP contribution in [0.25, 0.3) is 0 Å². The Kier molecular flexibility index (Phi) is 2.56. The number of furan rings is 1. The summed E-state index contributed by atoms with van der Waals surface area (Å²) in [4.78, 5) is 13.6. The smallest absolute Gasteiger partial charge is 0.238 e. The van der Waals surface area contributed by atoms with E-state index in [1.807, 2.05) is 13.0 Å². The van der Waals surface area contributed by atoms with Crippen molar-refractivity contribution in [1.29, 1.82) is 0 Å².